The minimum atomic E-state index is -3.15. The molecule has 1 rings (SSSR count). The number of carbonyl (C=O) groups is 1. The molecule has 0 bridgehead atoms. The van der Waals surface area contributed by atoms with Crippen molar-refractivity contribution in [2.45, 2.75) is 39.0 Å². The lowest BCUT2D eigenvalue weighted by Crippen LogP contribution is -2.45. The number of carbonyl (C=O) groups excluding carboxylic acids is 1. The molecule has 1 saturated carbocycles. The number of nitrogens with zero attached hydrogens (tertiary/aromatic N) is 1. The van der Waals surface area contributed by atoms with Gasteiger partial charge in [0.2, 0.25) is 15.9 Å². The highest BCUT2D eigenvalue weighted by Crippen LogP contribution is 2.37. The molecule has 0 unspecified atom stereocenters. The summed E-state index contributed by atoms with van der Waals surface area (Å²) in [4.78, 5) is 12.2. The first-order valence-electron chi connectivity index (χ1n) is 7.29. The van der Waals surface area contributed by atoms with Gasteiger partial charge in [-0.3, -0.25) is 4.79 Å². The molecular formula is C13H27N3O3S. The first-order valence-corrected chi connectivity index (χ1v) is 9.14. The van der Waals surface area contributed by atoms with Crippen molar-refractivity contribution < 1.29 is 13.2 Å². The van der Waals surface area contributed by atoms with E-state index in [-0.39, 0.29) is 11.3 Å². The van der Waals surface area contributed by atoms with Crippen LogP contribution in [-0.2, 0) is 14.8 Å². The van der Waals surface area contributed by atoms with E-state index in [1.54, 1.807) is 0 Å². The average Bonchev–Trinajstić information content (AvgIpc) is 2.87. The summed E-state index contributed by atoms with van der Waals surface area (Å²) in [5.74, 6) is 0.0277. The number of hydrogen-bond donors (Lipinski definition) is 2. The van der Waals surface area contributed by atoms with Gasteiger partial charge >= 0.3 is 0 Å². The smallest absolute Gasteiger partial charge is 0.227 e. The van der Waals surface area contributed by atoms with Crippen LogP contribution in [0.5, 0.6) is 0 Å². The van der Waals surface area contributed by atoms with E-state index in [1.165, 1.54) is 10.6 Å². The van der Waals surface area contributed by atoms with Gasteiger partial charge < -0.3 is 11.1 Å². The maximum Gasteiger partial charge on any atom is 0.227 e. The van der Waals surface area contributed by atoms with Crippen LogP contribution in [0.2, 0.25) is 0 Å². The van der Waals surface area contributed by atoms with Gasteiger partial charge in [0.1, 0.15) is 0 Å². The molecule has 1 amide bonds. The van der Waals surface area contributed by atoms with Crippen molar-refractivity contribution >= 4 is 15.9 Å². The van der Waals surface area contributed by atoms with Crippen LogP contribution in [0, 0.1) is 5.41 Å². The van der Waals surface area contributed by atoms with Crippen molar-refractivity contribution in [1.29, 1.82) is 0 Å². The van der Waals surface area contributed by atoms with Crippen molar-refractivity contribution in [3.8, 4) is 0 Å². The lowest BCUT2D eigenvalue weighted by molar-refractivity contribution is -0.130. The minimum Gasteiger partial charge on any atom is -0.356 e. The number of hydrogen-bond acceptors (Lipinski definition) is 4. The van der Waals surface area contributed by atoms with Crippen molar-refractivity contribution in [1.82, 2.24) is 9.62 Å². The van der Waals surface area contributed by atoms with E-state index in [0.29, 0.717) is 32.6 Å². The molecule has 20 heavy (non-hydrogen) atoms. The SMILES string of the molecule is CCN(CCCNC(=O)C1(CN)CCCC1)S(C)(=O)=O. The minimum absolute atomic E-state index is 0.0277. The Hall–Kier alpha value is -0.660. The van der Waals surface area contributed by atoms with Gasteiger partial charge in [0, 0.05) is 26.2 Å². The Kier molecular flexibility index (Phi) is 6.42. The van der Waals surface area contributed by atoms with Crippen LogP contribution >= 0.6 is 0 Å². The van der Waals surface area contributed by atoms with E-state index in [4.69, 9.17) is 5.73 Å². The Morgan fingerprint density at radius 3 is 2.40 bits per heavy atom. The molecule has 7 heteroatoms. The van der Waals surface area contributed by atoms with Crippen molar-refractivity contribution in [3.63, 3.8) is 0 Å². The fourth-order valence-electron chi connectivity index (χ4n) is 2.78. The zero-order chi connectivity index (χ0) is 15.2. The Morgan fingerprint density at radius 2 is 1.95 bits per heavy atom. The van der Waals surface area contributed by atoms with Crippen molar-refractivity contribution in [2.24, 2.45) is 11.1 Å². The summed E-state index contributed by atoms with van der Waals surface area (Å²) >= 11 is 0. The summed E-state index contributed by atoms with van der Waals surface area (Å²) in [6.45, 7) is 3.59. The standard InChI is InChI=1S/C13H27N3O3S/c1-3-16(20(2,18)19)10-6-9-15-12(17)13(11-14)7-4-5-8-13/h3-11,14H2,1-2H3,(H,15,17). The fraction of sp³-hybridized carbons (Fsp3) is 0.923. The largest absolute Gasteiger partial charge is 0.356 e. The van der Waals surface area contributed by atoms with Crippen LogP contribution < -0.4 is 11.1 Å². The molecule has 6 nitrogen and oxygen atoms in total. The average molecular weight is 305 g/mol. The van der Waals surface area contributed by atoms with Gasteiger partial charge in [-0.1, -0.05) is 19.8 Å². The lowest BCUT2D eigenvalue weighted by atomic mass is 9.85. The molecule has 0 aromatic carbocycles. The van der Waals surface area contributed by atoms with Gasteiger partial charge in [0.15, 0.2) is 0 Å². The summed E-state index contributed by atoms with van der Waals surface area (Å²) in [6.07, 6.45) is 5.66. The van der Waals surface area contributed by atoms with Crippen molar-refractivity contribution in [3.05, 3.63) is 0 Å². The number of nitrogens with one attached hydrogen (secondary N) is 1. The molecule has 0 aromatic heterocycles. The number of nitrogens with two attached hydrogens (primary N) is 1. The summed E-state index contributed by atoms with van der Waals surface area (Å²) in [7, 11) is -3.15. The molecule has 0 heterocycles. The predicted octanol–water partition coefficient (Wildman–Crippen LogP) is 0.293. The zero-order valence-electron chi connectivity index (χ0n) is 12.5. The highest BCUT2D eigenvalue weighted by atomic mass is 32.2. The van der Waals surface area contributed by atoms with E-state index in [0.717, 1.165) is 25.7 Å². The Balaban J connectivity index is 2.35. The van der Waals surface area contributed by atoms with Gasteiger partial charge in [0.25, 0.3) is 0 Å². The molecule has 1 fully saturated rings. The molecule has 0 saturated heterocycles. The first kappa shape index (κ1) is 17.4. The molecule has 118 valence electrons. The molecule has 0 radical (unpaired) electrons. The summed E-state index contributed by atoms with van der Waals surface area (Å²) in [6, 6.07) is 0. The van der Waals surface area contributed by atoms with Crippen LogP contribution in [0.25, 0.3) is 0 Å². The van der Waals surface area contributed by atoms with Gasteiger partial charge in [-0.2, -0.15) is 0 Å². The third-order valence-corrected chi connectivity index (χ3v) is 5.50. The molecule has 0 spiro atoms. The highest BCUT2D eigenvalue weighted by molar-refractivity contribution is 7.88. The second kappa shape index (κ2) is 7.38. The van der Waals surface area contributed by atoms with E-state index in [1.807, 2.05) is 6.92 Å². The number of amides is 1. The quantitative estimate of drug-likeness (QED) is 0.631. The van der Waals surface area contributed by atoms with Crippen molar-refractivity contribution in [2.75, 3.05) is 32.4 Å². The normalized spacial score (nSPS) is 18.4. The van der Waals surface area contributed by atoms with Gasteiger partial charge in [-0.15, -0.1) is 0 Å². The second-order valence-corrected chi connectivity index (χ2v) is 7.54. The first-order chi connectivity index (χ1) is 9.35. The molecule has 3 N–H and O–H groups in total. The van der Waals surface area contributed by atoms with E-state index < -0.39 is 10.0 Å². The fourth-order valence-corrected chi connectivity index (χ4v) is 3.71. The Bertz CT molecular complexity index is 417. The maximum absolute atomic E-state index is 12.2. The van der Waals surface area contributed by atoms with Crippen LogP contribution in [-0.4, -0.2) is 51.1 Å². The van der Waals surface area contributed by atoms with Crippen LogP contribution in [0.1, 0.15) is 39.0 Å². The van der Waals surface area contributed by atoms with Gasteiger partial charge in [0.05, 0.1) is 11.7 Å². The lowest BCUT2D eigenvalue weighted by Gasteiger charge is -2.26. The second-order valence-electron chi connectivity index (χ2n) is 5.56. The Morgan fingerprint density at radius 1 is 1.35 bits per heavy atom. The molecule has 0 atom stereocenters. The molecular weight excluding hydrogens is 278 g/mol. The zero-order valence-corrected chi connectivity index (χ0v) is 13.3. The topological polar surface area (TPSA) is 92.5 Å². The molecule has 1 aliphatic carbocycles. The molecule has 0 aromatic rings. The van der Waals surface area contributed by atoms with E-state index >= 15 is 0 Å². The number of sulfonamides is 1. The van der Waals surface area contributed by atoms with Crippen LogP contribution in [0.3, 0.4) is 0 Å². The maximum atomic E-state index is 12.2. The third-order valence-electron chi connectivity index (χ3n) is 4.12. The number of rotatable bonds is 8. The molecule has 0 aliphatic heterocycles. The molecule has 1 aliphatic rings. The Labute approximate surface area is 122 Å². The highest BCUT2D eigenvalue weighted by Gasteiger charge is 2.39. The van der Waals surface area contributed by atoms with Gasteiger partial charge in [-0.05, 0) is 19.3 Å². The van der Waals surface area contributed by atoms with Crippen LogP contribution in [0.15, 0.2) is 0 Å². The van der Waals surface area contributed by atoms with E-state index in [2.05, 4.69) is 5.32 Å². The van der Waals surface area contributed by atoms with Crippen LogP contribution in [0.4, 0.5) is 0 Å². The third kappa shape index (κ3) is 4.43. The summed E-state index contributed by atoms with van der Waals surface area (Å²) in [5.41, 5.74) is 5.36. The predicted molar refractivity (Wildman–Crippen MR) is 79.7 cm³/mol. The van der Waals surface area contributed by atoms with Gasteiger partial charge in [-0.25, -0.2) is 12.7 Å². The summed E-state index contributed by atoms with van der Waals surface area (Å²) in [5, 5.41) is 2.91. The van der Waals surface area contributed by atoms with E-state index in [9.17, 15) is 13.2 Å². The summed E-state index contributed by atoms with van der Waals surface area (Å²) < 4.78 is 24.2. The monoisotopic (exact) mass is 305 g/mol.